The second-order valence-corrected chi connectivity index (χ2v) is 7.28. The lowest BCUT2D eigenvalue weighted by molar-refractivity contribution is -0.141. The molecule has 4 aliphatic rings. The molecule has 4 nitrogen and oxygen atoms in total. The van der Waals surface area contributed by atoms with E-state index in [1.807, 2.05) is 6.08 Å². The number of hydrogen-bond acceptors (Lipinski definition) is 4. The highest BCUT2D eigenvalue weighted by Crippen LogP contribution is 2.52. The first-order valence-electron chi connectivity index (χ1n) is 9.28. The van der Waals surface area contributed by atoms with E-state index in [2.05, 4.69) is 37.0 Å². The number of carbonyl (C=O) groups excluding carboxylic acids is 1. The Morgan fingerprint density at radius 3 is 3.04 bits per heavy atom. The maximum atomic E-state index is 11.1. The van der Waals surface area contributed by atoms with Crippen molar-refractivity contribution in [3.8, 4) is 0 Å². The summed E-state index contributed by atoms with van der Waals surface area (Å²) >= 11 is 0. The lowest BCUT2D eigenvalue weighted by Gasteiger charge is -2.45. The van der Waals surface area contributed by atoms with E-state index in [1.165, 1.54) is 30.4 Å². The van der Waals surface area contributed by atoms with Crippen molar-refractivity contribution in [1.29, 1.82) is 0 Å². The third-order valence-electron chi connectivity index (χ3n) is 5.69. The van der Waals surface area contributed by atoms with Gasteiger partial charge in [-0.05, 0) is 42.7 Å². The molecule has 0 aromatic rings. The van der Waals surface area contributed by atoms with Gasteiger partial charge in [-0.2, -0.15) is 0 Å². The van der Waals surface area contributed by atoms with Gasteiger partial charge in [-0.15, -0.1) is 0 Å². The van der Waals surface area contributed by atoms with Crippen LogP contribution in [0.3, 0.4) is 0 Å². The van der Waals surface area contributed by atoms with Gasteiger partial charge in [0.2, 0.25) is 0 Å². The average molecular weight is 352 g/mol. The van der Waals surface area contributed by atoms with Crippen LogP contribution in [0, 0.1) is 17.8 Å². The van der Waals surface area contributed by atoms with E-state index in [-0.39, 0.29) is 13.2 Å². The molecule has 4 atom stereocenters. The number of hydrogen-bond donors (Lipinski definition) is 1. The van der Waals surface area contributed by atoms with E-state index in [0.717, 1.165) is 11.8 Å². The standard InChI is InChI=1S/C22H24O4/c1-2-20(24)26-13-17(23)12-25-19-11-9-16-7-6-14-4-3-5-15-8-10-18(19)22(16)21(14)15/h2,6-11,15,17,21-23H,1,3-5,12-13H2. The summed E-state index contributed by atoms with van der Waals surface area (Å²) in [6.07, 6.45) is 17.1. The van der Waals surface area contributed by atoms with E-state index in [4.69, 9.17) is 9.47 Å². The maximum absolute atomic E-state index is 11.1. The molecule has 4 aliphatic carbocycles. The van der Waals surface area contributed by atoms with Crippen LogP contribution in [0.4, 0.5) is 0 Å². The third kappa shape index (κ3) is 3.10. The Bertz CT molecular complexity index is 765. The fraction of sp³-hybridized carbons (Fsp3) is 0.409. The van der Waals surface area contributed by atoms with Gasteiger partial charge in [0.05, 0.1) is 0 Å². The van der Waals surface area contributed by atoms with Crippen LogP contribution in [0.2, 0.25) is 0 Å². The Balaban J connectivity index is 1.50. The minimum atomic E-state index is -0.867. The molecule has 26 heavy (non-hydrogen) atoms. The molecule has 1 saturated carbocycles. The number of carbonyl (C=O) groups is 1. The quantitative estimate of drug-likeness (QED) is 0.588. The molecular weight excluding hydrogens is 328 g/mol. The largest absolute Gasteiger partial charge is 0.490 e. The van der Waals surface area contributed by atoms with Crippen molar-refractivity contribution in [3.05, 3.63) is 71.6 Å². The minimum absolute atomic E-state index is 0.0873. The van der Waals surface area contributed by atoms with Crippen LogP contribution in [0.15, 0.2) is 71.6 Å². The molecule has 0 amide bonds. The van der Waals surface area contributed by atoms with E-state index in [9.17, 15) is 9.90 Å². The monoisotopic (exact) mass is 352 g/mol. The van der Waals surface area contributed by atoms with Gasteiger partial charge in [0.1, 0.15) is 25.1 Å². The van der Waals surface area contributed by atoms with Crippen LogP contribution in [0.5, 0.6) is 0 Å². The highest BCUT2D eigenvalue weighted by atomic mass is 16.5. The van der Waals surface area contributed by atoms with E-state index < -0.39 is 12.1 Å². The minimum Gasteiger partial charge on any atom is -0.490 e. The molecule has 0 saturated heterocycles. The molecule has 1 fully saturated rings. The average Bonchev–Trinajstić information content (AvgIpc) is 2.69. The SMILES string of the molecule is C=CC(=O)OCC(O)COC1=C2C=CC3CCCC4=CC=C(C=C1)C2C43. The number of ether oxygens (including phenoxy) is 2. The molecule has 0 aromatic carbocycles. The van der Waals surface area contributed by atoms with Gasteiger partial charge in [-0.1, -0.05) is 42.5 Å². The fourth-order valence-electron chi connectivity index (χ4n) is 4.52. The molecule has 0 heterocycles. The fourth-order valence-corrected chi connectivity index (χ4v) is 4.52. The van der Waals surface area contributed by atoms with Gasteiger partial charge in [0, 0.05) is 17.6 Å². The van der Waals surface area contributed by atoms with E-state index in [1.54, 1.807) is 5.57 Å². The topological polar surface area (TPSA) is 55.8 Å². The Hall–Kier alpha value is -2.33. The van der Waals surface area contributed by atoms with E-state index in [0.29, 0.717) is 17.8 Å². The van der Waals surface area contributed by atoms with Gasteiger partial charge in [-0.25, -0.2) is 4.79 Å². The number of aliphatic hydroxyl groups excluding tert-OH is 1. The van der Waals surface area contributed by atoms with E-state index >= 15 is 0 Å². The maximum Gasteiger partial charge on any atom is 0.330 e. The molecule has 0 radical (unpaired) electrons. The first kappa shape index (κ1) is 17.1. The zero-order valence-corrected chi connectivity index (χ0v) is 14.8. The van der Waals surface area contributed by atoms with Crippen molar-refractivity contribution in [2.45, 2.75) is 25.4 Å². The van der Waals surface area contributed by atoms with Gasteiger partial charge in [0.15, 0.2) is 0 Å². The molecule has 0 aliphatic heterocycles. The summed E-state index contributed by atoms with van der Waals surface area (Å²) in [4.78, 5) is 11.1. The molecule has 0 spiro atoms. The van der Waals surface area contributed by atoms with Crippen molar-refractivity contribution < 1.29 is 19.4 Å². The summed E-state index contributed by atoms with van der Waals surface area (Å²) < 4.78 is 10.8. The molecule has 4 heteroatoms. The van der Waals surface area contributed by atoms with Crippen molar-refractivity contribution in [2.75, 3.05) is 13.2 Å². The molecule has 1 N–H and O–H groups in total. The van der Waals surface area contributed by atoms with Crippen LogP contribution >= 0.6 is 0 Å². The number of allylic oxidation sites excluding steroid dienone is 9. The zero-order valence-electron chi connectivity index (χ0n) is 14.8. The van der Waals surface area contributed by atoms with Gasteiger partial charge in [-0.3, -0.25) is 0 Å². The molecule has 0 aromatic heterocycles. The van der Waals surface area contributed by atoms with Crippen LogP contribution in [0.25, 0.3) is 0 Å². The van der Waals surface area contributed by atoms with Gasteiger partial charge < -0.3 is 14.6 Å². The summed E-state index contributed by atoms with van der Waals surface area (Å²) in [5.74, 6) is 1.79. The van der Waals surface area contributed by atoms with Crippen LogP contribution in [0.1, 0.15) is 19.3 Å². The van der Waals surface area contributed by atoms with Crippen LogP contribution in [-0.4, -0.2) is 30.4 Å². The van der Waals surface area contributed by atoms with Crippen molar-refractivity contribution >= 4 is 5.97 Å². The smallest absolute Gasteiger partial charge is 0.330 e. The second-order valence-electron chi connectivity index (χ2n) is 7.28. The van der Waals surface area contributed by atoms with Crippen molar-refractivity contribution in [1.82, 2.24) is 0 Å². The summed E-state index contributed by atoms with van der Waals surface area (Å²) in [6.45, 7) is 3.32. The summed E-state index contributed by atoms with van der Waals surface area (Å²) in [5, 5.41) is 9.99. The Morgan fingerprint density at radius 2 is 2.19 bits per heavy atom. The number of esters is 1. The number of aliphatic hydroxyl groups is 1. The lowest BCUT2D eigenvalue weighted by Crippen LogP contribution is -2.35. The number of rotatable bonds is 6. The van der Waals surface area contributed by atoms with Gasteiger partial charge >= 0.3 is 5.97 Å². The molecule has 136 valence electrons. The lowest BCUT2D eigenvalue weighted by atomic mass is 9.59. The third-order valence-corrected chi connectivity index (χ3v) is 5.69. The Morgan fingerprint density at radius 1 is 1.31 bits per heavy atom. The predicted molar refractivity (Wildman–Crippen MR) is 98.9 cm³/mol. The highest BCUT2D eigenvalue weighted by Gasteiger charge is 2.42. The summed E-state index contributed by atoms with van der Waals surface area (Å²) in [7, 11) is 0. The zero-order chi connectivity index (χ0) is 18.1. The predicted octanol–water partition coefficient (Wildman–Crippen LogP) is 3.39. The summed E-state index contributed by atoms with van der Waals surface area (Å²) in [6, 6.07) is 0. The summed E-state index contributed by atoms with van der Waals surface area (Å²) in [5.41, 5.74) is 4.10. The van der Waals surface area contributed by atoms with Crippen molar-refractivity contribution in [2.24, 2.45) is 17.8 Å². The van der Waals surface area contributed by atoms with Crippen LogP contribution in [-0.2, 0) is 14.3 Å². The van der Waals surface area contributed by atoms with Gasteiger partial charge in [0.25, 0.3) is 0 Å². The highest BCUT2D eigenvalue weighted by molar-refractivity contribution is 5.81. The van der Waals surface area contributed by atoms with Crippen molar-refractivity contribution in [3.63, 3.8) is 0 Å². The second kappa shape index (κ2) is 7.12. The first-order valence-corrected chi connectivity index (χ1v) is 9.28. The normalized spacial score (nSPS) is 29.3. The Labute approximate surface area is 153 Å². The molecular formula is C22H24O4. The molecule has 0 bridgehead atoms. The molecule has 4 rings (SSSR count). The Kier molecular flexibility index (Phi) is 4.68. The first-order chi connectivity index (χ1) is 12.7. The molecule has 4 unspecified atom stereocenters. The van der Waals surface area contributed by atoms with Crippen LogP contribution < -0.4 is 0 Å².